The van der Waals surface area contributed by atoms with Gasteiger partial charge in [-0.15, -0.1) is 12.6 Å². The van der Waals surface area contributed by atoms with Crippen molar-refractivity contribution in [3.8, 4) is 6.07 Å². The van der Waals surface area contributed by atoms with Gasteiger partial charge in [0.15, 0.2) is 0 Å². The summed E-state index contributed by atoms with van der Waals surface area (Å²) in [6, 6.07) is 7.04. The Labute approximate surface area is 111 Å². The van der Waals surface area contributed by atoms with Crippen LogP contribution in [-0.4, -0.2) is 23.9 Å². The topological polar surface area (TPSA) is 44.1 Å². The van der Waals surface area contributed by atoms with Crippen LogP contribution in [-0.2, 0) is 0 Å². The molecule has 0 aliphatic rings. The molecule has 0 aliphatic heterocycles. The summed E-state index contributed by atoms with van der Waals surface area (Å²) < 4.78 is 0. The van der Waals surface area contributed by atoms with E-state index in [-0.39, 0.29) is 5.91 Å². The Hall–Kier alpha value is -1.18. The minimum Gasteiger partial charge on any atom is -0.338 e. The highest BCUT2D eigenvalue weighted by molar-refractivity contribution is 7.80. The first-order chi connectivity index (χ1) is 8.10. The van der Waals surface area contributed by atoms with Crippen molar-refractivity contribution in [2.24, 2.45) is 0 Å². The van der Waals surface area contributed by atoms with Gasteiger partial charge in [0, 0.05) is 18.0 Å². The molecule has 0 radical (unpaired) electrons. The summed E-state index contributed by atoms with van der Waals surface area (Å²) in [5.74, 6) is -0.163. The Bertz CT molecular complexity index is 456. The van der Waals surface area contributed by atoms with Crippen LogP contribution in [0.15, 0.2) is 23.1 Å². The number of hydrogen-bond donors (Lipinski definition) is 1. The molecule has 0 aliphatic carbocycles. The van der Waals surface area contributed by atoms with Crippen LogP contribution < -0.4 is 0 Å². The van der Waals surface area contributed by atoms with E-state index in [1.54, 1.807) is 23.1 Å². The zero-order valence-corrected chi connectivity index (χ0v) is 11.1. The van der Waals surface area contributed by atoms with Crippen molar-refractivity contribution in [3.63, 3.8) is 0 Å². The van der Waals surface area contributed by atoms with E-state index in [1.165, 1.54) is 0 Å². The Morgan fingerprint density at radius 1 is 1.59 bits per heavy atom. The third-order valence-electron chi connectivity index (χ3n) is 2.34. The fraction of sp³-hybridized carbons (Fsp3) is 0.333. The van der Waals surface area contributed by atoms with Crippen molar-refractivity contribution in [1.29, 1.82) is 5.26 Å². The van der Waals surface area contributed by atoms with E-state index in [0.29, 0.717) is 35.0 Å². The van der Waals surface area contributed by atoms with Crippen LogP contribution in [0.25, 0.3) is 0 Å². The molecule has 0 atom stereocenters. The summed E-state index contributed by atoms with van der Waals surface area (Å²) in [7, 11) is 0. The van der Waals surface area contributed by atoms with Gasteiger partial charge in [-0.25, -0.2) is 0 Å². The van der Waals surface area contributed by atoms with Gasteiger partial charge in [0.1, 0.15) is 0 Å². The lowest BCUT2D eigenvalue weighted by atomic mass is 10.2. The Balaban J connectivity index is 2.94. The molecule has 1 rings (SSSR count). The van der Waals surface area contributed by atoms with E-state index >= 15 is 0 Å². The van der Waals surface area contributed by atoms with Gasteiger partial charge in [-0.1, -0.05) is 11.6 Å². The highest BCUT2D eigenvalue weighted by atomic mass is 35.5. The minimum absolute atomic E-state index is 0.163. The number of hydrogen-bond acceptors (Lipinski definition) is 3. The molecule has 0 unspecified atom stereocenters. The lowest BCUT2D eigenvalue weighted by molar-refractivity contribution is 0.0767. The normalized spacial score (nSPS) is 9.76. The van der Waals surface area contributed by atoms with Crippen LogP contribution in [0, 0.1) is 11.3 Å². The summed E-state index contributed by atoms with van der Waals surface area (Å²) in [5.41, 5.74) is 0.430. The van der Waals surface area contributed by atoms with Gasteiger partial charge < -0.3 is 4.90 Å². The predicted octanol–water partition coefficient (Wildman–Crippen LogP) is 3.00. The number of carbonyl (C=O) groups is 1. The lowest BCUT2D eigenvalue weighted by Gasteiger charge is -2.20. The number of halogens is 1. The number of amides is 1. The van der Waals surface area contributed by atoms with E-state index in [2.05, 4.69) is 12.6 Å². The molecule has 0 N–H and O–H groups in total. The summed E-state index contributed by atoms with van der Waals surface area (Å²) >= 11 is 10.2. The SMILES string of the molecule is CCN(CCC#N)C(=O)c1cc(S)ccc1Cl. The smallest absolute Gasteiger partial charge is 0.255 e. The second-order valence-corrected chi connectivity index (χ2v) is 4.38. The summed E-state index contributed by atoms with van der Waals surface area (Å²) in [6.07, 6.45) is 0.317. The number of benzene rings is 1. The van der Waals surface area contributed by atoms with Crippen LogP contribution in [0.5, 0.6) is 0 Å². The fourth-order valence-electron chi connectivity index (χ4n) is 1.44. The van der Waals surface area contributed by atoms with Gasteiger partial charge in [0.25, 0.3) is 5.91 Å². The van der Waals surface area contributed by atoms with Crippen LogP contribution >= 0.6 is 24.2 Å². The number of nitriles is 1. The maximum atomic E-state index is 12.2. The van der Waals surface area contributed by atoms with E-state index in [4.69, 9.17) is 16.9 Å². The molecule has 3 nitrogen and oxygen atoms in total. The molecule has 17 heavy (non-hydrogen) atoms. The first kappa shape index (κ1) is 13.9. The molecule has 0 saturated heterocycles. The summed E-state index contributed by atoms with van der Waals surface area (Å²) in [5, 5.41) is 8.94. The van der Waals surface area contributed by atoms with Crippen molar-refractivity contribution < 1.29 is 4.79 Å². The van der Waals surface area contributed by atoms with Gasteiger partial charge in [-0.05, 0) is 25.1 Å². The van der Waals surface area contributed by atoms with Gasteiger partial charge in [0.2, 0.25) is 0 Å². The zero-order valence-electron chi connectivity index (χ0n) is 9.48. The summed E-state index contributed by atoms with van der Waals surface area (Å²) in [4.78, 5) is 14.4. The first-order valence-electron chi connectivity index (χ1n) is 5.25. The van der Waals surface area contributed by atoms with E-state index in [1.807, 2.05) is 13.0 Å². The molecular formula is C12H13ClN2OS. The Morgan fingerprint density at radius 2 is 2.29 bits per heavy atom. The average Bonchev–Trinajstić information content (AvgIpc) is 2.33. The molecular weight excluding hydrogens is 256 g/mol. The average molecular weight is 269 g/mol. The van der Waals surface area contributed by atoms with Gasteiger partial charge in [-0.3, -0.25) is 4.79 Å². The maximum Gasteiger partial charge on any atom is 0.255 e. The molecule has 0 heterocycles. The summed E-state index contributed by atoms with van der Waals surface area (Å²) in [6.45, 7) is 2.83. The molecule has 5 heteroatoms. The van der Waals surface area contributed by atoms with Crippen LogP contribution in [0.3, 0.4) is 0 Å². The third kappa shape index (κ3) is 3.65. The number of rotatable bonds is 4. The van der Waals surface area contributed by atoms with Crippen molar-refractivity contribution in [1.82, 2.24) is 4.90 Å². The second kappa shape index (κ2) is 6.53. The van der Waals surface area contributed by atoms with Gasteiger partial charge in [0.05, 0.1) is 23.1 Å². The molecule has 1 amide bonds. The van der Waals surface area contributed by atoms with Crippen LogP contribution in [0.4, 0.5) is 0 Å². The standard InChI is InChI=1S/C12H13ClN2OS/c1-2-15(7-3-6-14)12(16)10-8-9(17)4-5-11(10)13/h4-5,8,17H,2-3,7H2,1H3. The second-order valence-electron chi connectivity index (χ2n) is 3.46. The van der Waals surface area contributed by atoms with Gasteiger partial charge in [-0.2, -0.15) is 5.26 Å². The molecule has 0 aromatic heterocycles. The predicted molar refractivity (Wildman–Crippen MR) is 70.5 cm³/mol. The Kier molecular flexibility index (Phi) is 5.33. The maximum absolute atomic E-state index is 12.2. The first-order valence-corrected chi connectivity index (χ1v) is 6.07. The van der Waals surface area contributed by atoms with E-state index in [9.17, 15) is 4.79 Å². The lowest BCUT2D eigenvalue weighted by Crippen LogP contribution is -2.31. The number of thiol groups is 1. The molecule has 90 valence electrons. The van der Waals surface area contributed by atoms with Crippen molar-refractivity contribution in [2.45, 2.75) is 18.2 Å². The van der Waals surface area contributed by atoms with Crippen LogP contribution in [0.2, 0.25) is 5.02 Å². The Morgan fingerprint density at radius 3 is 2.88 bits per heavy atom. The molecule has 1 aromatic rings. The molecule has 1 aromatic carbocycles. The zero-order chi connectivity index (χ0) is 12.8. The molecule has 0 bridgehead atoms. The van der Waals surface area contributed by atoms with E-state index in [0.717, 1.165) is 0 Å². The monoisotopic (exact) mass is 268 g/mol. The van der Waals surface area contributed by atoms with Gasteiger partial charge >= 0.3 is 0 Å². The highest BCUT2D eigenvalue weighted by Gasteiger charge is 2.16. The molecule has 0 saturated carbocycles. The number of carbonyl (C=O) groups excluding carboxylic acids is 1. The minimum atomic E-state index is -0.163. The number of nitrogens with zero attached hydrogens (tertiary/aromatic N) is 2. The van der Waals surface area contributed by atoms with E-state index < -0.39 is 0 Å². The van der Waals surface area contributed by atoms with Crippen molar-refractivity contribution >= 4 is 30.1 Å². The molecule has 0 fully saturated rings. The largest absolute Gasteiger partial charge is 0.338 e. The molecule has 0 spiro atoms. The quantitative estimate of drug-likeness (QED) is 0.853. The van der Waals surface area contributed by atoms with Crippen molar-refractivity contribution in [2.75, 3.05) is 13.1 Å². The highest BCUT2D eigenvalue weighted by Crippen LogP contribution is 2.21. The fourth-order valence-corrected chi connectivity index (χ4v) is 1.84. The van der Waals surface area contributed by atoms with Crippen molar-refractivity contribution in [3.05, 3.63) is 28.8 Å². The third-order valence-corrected chi connectivity index (χ3v) is 2.95. The van der Waals surface area contributed by atoms with Crippen LogP contribution in [0.1, 0.15) is 23.7 Å².